The normalized spacial score (nSPS) is 11.2. The van der Waals surface area contributed by atoms with E-state index in [0.29, 0.717) is 0 Å². The molecule has 3 nitrogen and oxygen atoms in total. The van der Waals surface area contributed by atoms with Crippen LogP contribution in [0.5, 0.6) is 0 Å². The van der Waals surface area contributed by atoms with E-state index in [1.165, 1.54) is 16.5 Å². The number of imidazole rings is 1. The van der Waals surface area contributed by atoms with Crippen molar-refractivity contribution >= 4 is 10.9 Å². The molecule has 98 valence electrons. The lowest BCUT2D eigenvalue weighted by molar-refractivity contribution is 0.572. The number of hydrogen-bond acceptors (Lipinski definition) is 1. The van der Waals surface area contributed by atoms with E-state index in [9.17, 15) is 0 Å². The zero-order chi connectivity index (χ0) is 13.1. The third-order valence-electron chi connectivity index (χ3n) is 3.63. The van der Waals surface area contributed by atoms with Gasteiger partial charge in [-0.25, -0.2) is 4.98 Å². The molecule has 0 aliphatic heterocycles. The first-order valence-corrected chi connectivity index (χ1v) is 6.91. The van der Waals surface area contributed by atoms with E-state index >= 15 is 0 Å². The molecule has 0 unspecified atom stereocenters. The van der Waals surface area contributed by atoms with Crippen LogP contribution in [0.3, 0.4) is 0 Å². The fourth-order valence-corrected chi connectivity index (χ4v) is 2.66. The van der Waals surface area contributed by atoms with Gasteiger partial charge in [0.2, 0.25) is 0 Å². The molecule has 3 heteroatoms. The summed E-state index contributed by atoms with van der Waals surface area (Å²) in [6.45, 7) is 4.30. The summed E-state index contributed by atoms with van der Waals surface area (Å²) >= 11 is 0. The standard InChI is InChI=1S/C16H19N3/c1-2-14-5-3-6-15-7-11-19(16(14)15)10-4-9-18-12-8-17-13-18/h3,5-8,11-13H,2,4,9-10H2,1H3. The molecule has 0 saturated carbocycles. The summed E-state index contributed by atoms with van der Waals surface area (Å²) in [5.41, 5.74) is 2.83. The third-order valence-corrected chi connectivity index (χ3v) is 3.63. The van der Waals surface area contributed by atoms with Crippen molar-refractivity contribution in [1.29, 1.82) is 0 Å². The molecule has 0 aliphatic rings. The number of rotatable bonds is 5. The Kier molecular flexibility index (Phi) is 3.36. The van der Waals surface area contributed by atoms with Crippen molar-refractivity contribution in [3.8, 4) is 0 Å². The van der Waals surface area contributed by atoms with Gasteiger partial charge in [0.1, 0.15) is 0 Å². The highest BCUT2D eigenvalue weighted by Crippen LogP contribution is 2.21. The molecule has 0 aliphatic carbocycles. The number of benzene rings is 1. The van der Waals surface area contributed by atoms with Gasteiger partial charge in [0, 0.05) is 31.7 Å². The molecule has 0 spiro atoms. The smallest absolute Gasteiger partial charge is 0.0945 e. The minimum absolute atomic E-state index is 1.02. The lowest BCUT2D eigenvalue weighted by Crippen LogP contribution is -2.02. The highest BCUT2D eigenvalue weighted by molar-refractivity contribution is 5.83. The second kappa shape index (κ2) is 5.31. The van der Waals surface area contributed by atoms with Gasteiger partial charge in [0.15, 0.2) is 0 Å². The molecule has 0 radical (unpaired) electrons. The Bertz CT molecular complexity index is 650. The Balaban J connectivity index is 1.77. The molecule has 3 rings (SSSR count). The van der Waals surface area contributed by atoms with Crippen LogP contribution in [-0.2, 0) is 19.5 Å². The number of aromatic nitrogens is 3. The average Bonchev–Trinajstić information content (AvgIpc) is 3.08. The Morgan fingerprint density at radius 3 is 2.84 bits per heavy atom. The molecule has 0 saturated heterocycles. The van der Waals surface area contributed by atoms with E-state index in [-0.39, 0.29) is 0 Å². The minimum atomic E-state index is 1.02. The number of hydrogen-bond donors (Lipinski definition) is 0. The van der Waals surface area contributed by atoms with Crippen molar-refractivity contribution in [2.75, 3.05) is 0 Å². The molecule has 2 aromatic heterocycles. The van der Waals surface area contributed by atoms with Crippen molar-refractivity contribution in [3.05, 3.63) is 54.7 Å². The van der Waals surface area contributed by atoms with Crippen LogP contribution < -0.4 is 0 Å². The van der Waals surface area contributed by atoms with Crippen molar-refractivity contribution in [2.45, 2.75) is 32.9 Å². The fraction of sp³-hybridized carbons (Fsp3) is 0.312. The largest absolute Gasteiger partial charge is 0.347 e. The summed E-state index contributed by atoms with van der Waals surface area (Å²) in [4.78, 5) is 4.07. The van der Waals surface area contributed by atoms with Crippen LogP contribution >= 0.6 is 0 Å². The fourth-order valence-electron chi connectivity index (χ4n) is 2.66. The van der Waals surface area contributed by atoms with Gasteiger partial charge < -0.3 is 9.13 Å². The Morgan fingerprint density at radius 1 is 1.11 bits per heavy atom. The predicted molar refractivity (Wildman–Crippen MR) is 78.2 cm³/mol. The van der Waals surface area contributed by atoms with Gasteiger partial charge in [-0.05, 0) is 29.9 Å². The van der Waals surface area contributed by atoms with Crippen LogP contribution in [-0.4, -0.2) is 14.1 Å². The van der Waals surface area contributed by atoms with Gasteiger partial charge in [0.25, 0.3) is 0 Å². The van der Waals surface area contributed by atoms with Crippen LogP contribution in [0.1, 0.15) is 18.9 Å². The zero-order valence-electron chi connectivity index (χ0n) is 11.3. The number of para-hydroxylation sites is 1. The SMILES string of the molecule is CCc1cccc2ccn(CCCn3ccnc3)c12. The topological polar surface area (TPSA) is 22.8 Å². The Hall–Kier alpha value is -2.03. The Labute approximate surface area is 113 Å². The second-order valence-corrected chi connectivity index (χ2v) is 4.87. The highest BCUT2D eigenvalue weighted by atomic mass is 15.0. The molecule has 1 aromatic carbocycles. The van der Waals surface area contributed by atoms with Crippen LogP contribution in [0.4, 0.5) is 0 Å². The van der Waals surface area contributed by atoms with E-state index in [1.54, 1.807) is 0 Å². The van der Waals surface area contributed by atoms with Crippen LogP contribution in [0.15, 0.2) is 49.2 Å². The number of nitrogens with zero attached hydrogens (tertiary/aromatic N) is 3. The van der Waals surface area contributed by atoms with Gasteiger partial charge in [-0.15, -0.1) is 0 Å². The molecule has 0 bridgehead atoms. The first-order chi connectivity index (χ1) is 9.38. The summed E-state index contributed by atoms with van der Waals surface area (Å²) in [6.07, 6.45) is 10.1. The van der Waals surface area contributed by atoms with E-state index in [1.807, 2.05) is 18.7 Å². The summed E-state index contributed by atoms with van der Waals surface area (Å²) < 4.78 is 4.51. The second-order valence-electron chi connectivity index (χ2n) is 4.87. The van der Waals surface area contributed by atoms with E-state index in [4.69, 9.17) is 0 Å². The molecular weight excluding hydrogens is 234 g/mol. The summed E-state index contributed by atoms with van der Waals surface area (Å²) in [5, 5.41) is 1.35. The maximum Gasteiger partial charge on any atom is 0.0945 e. The zero-order valence-corrected chi connectivity index (χ0v) is 11.3. The molecule has 0 atom stereocenters. The van der Waals surface area contributed by atoms with E-state index < -0.39 is 0 Å². The predicted octanol–water partition coefficient (Wildman–Crippen LogP) is 3.49. The van der Waals surface area contributed by atoms with Crippen molar-refractivity contribution in [3.63, 3.8) is 0 Å². The highest BCUT2D eigenvalue weighted by Gasteiger charge is 2.04. The first kappa shape index (κ1) is 12.0. The quantitative estimate of drug-likeness (QED) is 0.682. The Morgan fingerprint density at radius 2 is 2.05 bits per heavy atom. The maximum absolute atomic E-state index is 4.07. The first-order valence-electron chi connectivity index (χ1n) is 6.91. The summed E-state index contributed by atoms with van der Waals surface area (Å²) in [5.74, 6) is 0. The van der Waals surface area contributed by atoms with Crippen LogP contribution in [0, 0.1) is 0 Å². The lowest BCUT2D eigenvalue weighted by atomic mass is 10.1. The van der Waals surface area contributed by atoms with Gasteiger partial charge in [-0.1, -0.05) is 25.1 Å². The number of fused-ring (bicyclic) bond motifs is 1. The summed E-state index contributed by atoms with van der Waals surface area (Å²) in [6, 6.07) is 8.79. The van der Waals surface area contributed by atoms with Crippen LogP contribution in [0.2, 0.25) is 0 Å². The lowest BCUT2D eigenvalue weighted by Gasteiger charge is -2.09. The van der Waals surface area contributed by atoms with E-state index in [2.05, 4.69) is 51.5 Å². The summed E-state index contributed by atoms with van der Waals surface area (Å²) in [7, 11) is 0. The average molecular weight is 253 g/mol. The maximum atomic E-state index is 4.07. The van der Waals surface area contributed by atoms with Crippen molar-refractivity contribution < 1.29 is 0 Å². The monoisotopic (exact) mass is 253 g/mol. The molecule has 0 fully saturated rings. The molecular formula is C16H19N3. The van der Waals surface area contributed by atoms with Crippen molar-refractivity contribution in [1.82, 2.24) is 14.1 Å². The molecule has 0 amide bonds. The van der Waals surface area contributed by atoms with E-state index in [0.717, 1.165) is 25.9 Å². The van der Waals surface area contributed by atoms with Crippen LogP contribution in [0.25, 0.3) is 10.9 Å². The van der Waals surface area contributed by atoms with Gasteiger partial charge in [-0.2, -0.15) is 0 Å². The van der Waals surface area contributed by atoms with Gasteiger partial charge >= 0.3 is 0 Å². The molecule has 3 aromatic rings. The molecule has 19 heavy (non-hydrogen) atoms. The molecule has 0 N–H and O–H groups in total. The number of aryl methyl sites for hydroxylation is 3. The third kappa shape index (κ3) is 2.41. The van der Waals surface area contributed by atoms with Gasteiger partial charge in [0.05, 0.1) is 11.8 Å². The minimum Gasteiger partial charge on any atom is -0.347 e. The van der Waals surface area contributed by atoms with Crippen molar-refractivity contribution in [2.24, 2.45) is 0 Å². The van der Waals surface area contributed by atoms with Gasteiger partial charge in [-0.3, -0.25) is 0 Å². The molecule has 2 heterocycles.